The average Bonchev–Trinajstić information content (AvgIpc) is 2.82. The van der Waals surface area contributed by atoms with Gasteiger partial charge in [-0.1, -0.05) is 6.42 Å². The molecule has 78 valence electrons. The molecule has 0 bridgehead atoms. The molecule has 2 atom stereocenters. The molecule has 3 nitrogen and oxygen atoms in total. The highest BCUT2D eigenvalue weighted by Crippen LogP contribution is 2.64. The van der Waals surface area contributed by atoms with Gasteiger partial charge in [-0.2, -0.15) is 0 Å². The van der Waals surface area contributed by atoms with Gasteiger partial charge in [0.1, 0.15) is 0 Å². The van der Waals surface area contributed by atoms with Crippen molar-refractivity contribution in [3.05, 3.63) is 29.6 Å². The van der Waals surface area contributed by atoms with Crippen molar-refractivity contribution in [1.29, 1.82) is 0 Å². The molecule has 2 saturated carbocycles. The first-order chi connectivity index (χ1) is 7.24. The Morgan fingerprint density at radius 1 is 1.60 bits per heavy atom. The molecular formula is C12H13NO2. The Balaban J connectivity index is 2.08. The lowest BCUT2D eigenvalue weighted by atomic mass is 9.91. The van der Waals surface area contributed by atoms with E-state index in [-0.39, 0.29) is 5.41 Å². The fourth-order valence-electron chi connectivity index (χ4n) is 3.17. The van der Waals surface area contributed by atoms with Crippen molar-refractivity contribution in [3.63, 3.8) is 0 Å². The van der Waals surface area contributed by atoms with Crippen LogP contribution in [0.2, 0.25) is 0 Å². The zero-order valence-electron chi connectivity index (χ0n) is 8.44. The van der Waals surface area contributed by atoms with Gasteiger partial charge >= 0.3 is 5.97 Å². The van der Waals surface area contributed by atoms with Crippen molar-refractivity contribution >= 4 is 5.97 Å². The molecule has 2 unspecified atom stereocenters. The predicted molar refractivity (Wildman–Crippen MR) is 54.8 cm³/mol. The van der Waals surface area contributed by atoms with E-state index in [1.807, 2.05) is 0 Å². The van der Waals surface area contributed by atoms with Gasteiger partial charge in [0.25, 0.3) is 0 Å². The molecular weight excluding hydrogens is 190 g/mol. The molecule has 1 N–H and O–H groups in total. The van der Waals surface area contributed by atoms with Crippen LogP contribution in [0.4, 0.5) is 0 Å². The number of hydrogen-bond acceptors (Lipinski definition) is 2. The minimum Gasteiger partial charge on any atom is -0.478 e. The molecule has 0 spiro atoms. The largest absolute Gasteiger partial charge is 0.478 e. The topological polar surface area (TPSA) is 50.2 Å². The van der Waals surface area contributed by atoms with E-state index >= 15 is 0 Å². The minimum absolute atomic E-state index is 0.183. The van der Waals surface area contributed by atoms with Crippen molar-refractivity contribution in [2.24, 2.45) is 5.92 Å². The predicted octanol–water partition coefficient (Wildman–Crippen LogP) is 2.22. The number of carbonyl (C=O) groups is 1. The molecule has 15 heavy (non-hydrogen) atoms. The summed E-state index contributed by atoms with van der Waals surface area (Å²) in [6.07, 6.45) is 8.12. The summed E-state index contributed by atoms with van der Waals surface area (Å²) in [6.45, 7) is 0. The van der Waals surface area contributed by atoms with Crippen LogP contribution in [0.5, 0.6) is 0 Å². The summed E-state index contributed by atoms with van der Waals surface area (Å²) in [5.74, 6) is -0.0980. The van der Waals surface area contributed by atoms with E-state index in [0.29, 0.717) is 5.56 Å². The molecule has 1 heterocycles. The summed E-state index contributed by atoms with van der Waals surface area (Å²) in [4.78, 5) is 15.2. The smallest absolute Gasteiger partial charge is 0.336 e. The number of carboxylic acids is 1. The van der Waals surface area contributed by atoms with E-state index in [0.717, 1.165) is 17.9 Å². The second kappa shape index (κ2) is 2.81. The number of carboxylic acid groups (broad SMARTS) is 1. The zero-order chi connectivity index (χ0) is 10.5. The van der Waals surface area contributed by atoms with E-state index in [2.05, 4.69) is 4.98 Å². The molecule has 3 heteroatoms. The number of aromatic carboxylic acids is 1. The summed E-state index contributed by atoms with van der Waals surface area (Å²) < 4.78 is 0. The molecule has 1 aromatic heterocycles. The van der Waals surface area contributed by atoms with Gasteiger partial charge in [-0.05, 0) is 36.8 Å². The van der Waals surface area contributed by atoms with Crippen LogP contribution >= 0.6 is 0 Å². The van der Waals surface area contributed by atoms with Gasteiger partial charge in [-0.15, -0.1) is 0 Å². The van der Waals surface area contributed by atoms with Crippen LogP contribution in [0.3, 0.4) is 0 Å². The van der Waals surface area contributed by atoms with Crippen molar-refractivity contribution < 1.29 is 9.90 Å². The fourth-order valence-corrected chi connectivity index (χ4v) is 3.17. The zero-order valence-corrected chi connectivity index (χ0v) is 8.44. The first kappa shape index (κ1) is 8.89. The first-order valence-electron chi connectivity index (χ1n) is 5.42. The summed E-state index contributed by atoms with van der Waals surface area (Å²) in [5, 5.41) is 9.13. The molecule has 0 aliphatic heterocycles. The Morgan fingerprint density at radius 2 is 2.47 bits per heavy atom. The number of rotatable bonds is 2. The SMILES string of the molecule is O=C(O)c1ccncc1C12CCCC1C2. The average molecular weight is 203 g/mol. The van der Waals surface area contributed by atoms with Crippen molar-refractivity contribution in [2.45, 2.75) is 31.1 Å². The van der Waals surface area contributed by atoms with E-state index in [4.69, 9.17) is 5.11 Å². The number of aromatic nitrogens is 1. The van der Waals surface area contributed by atoms with Gasteiger partial charge in [0.05, 0.1) is 5.56 Å². The van der Waals surface area contributed by atoms with Gasteiger partial charge in [0.2, 0.25) is 0 Å². The highest BCUT2D eigenvalue weighted by molar-refractivity contribution is 5.90. The molecule has 0 radical (unpaired) electrons. The van der Waals surface area contributed by atoms with E-state index in [1.165, 1.54) is 19.3 Å². The maximum absolute atomic E-state index is 11.1. The lowest BCUT2D eigenvalue weighted by Crippen LogP contribution is -2.13. The van der Waals surface area contributed by atoms with Crippen molar-refractivity contribution in [2.75, 3.05) is 0 Å². The number of fused-ring (bicyclic) bond motifs is 1. The Labute approximate surface area is 88.1 Å². The maximum atomic E-state index is 11.1. The molecule has 2 aliphatic carbocycles. The van der Waals surface area contributed by atoms with E-state index in [9.17, 15) is 4.79 Å². The van der Waals surface area contributed by atoms with E-state index in [1.54, 1.807) is 18.5 Å². The van der Waals surface area contributed by atoms with Gasteiger partial charge < -0.3 is 5.11 Å². The fraction of sp³-hybridized carbons (Fsp3) is 0.500. The quantitative estimate of drug-likeness (QED) is 0.801. The third-order valence-electron chi connectivity index (χ3n) is 4.00. The highest BCUT2D eigenvalue weighted by Gasteiger charge is 2.58. The molecule has 3 rings (SSSR count). The minimum atomic E-state index is -0.820. The summed E-state index contributed by atoms with van der Waals surface area (Å²) >= 11 is 0. The van der Waals surface area contributed by atoms with Gasteiger partial charge in [0.15, 0.2) is 0 Å². The highest BCUT2D eigenvalue weighted by atomic mass is 16.4. The number of hydrogen-bond donors (Lipinski definition) is 1. The monoisotopic (exact) mass is 203 g/mol. The van der Waals surface area contributed by atoms with Crippen LogP contribution in [-0.4, -0.2) is 16.1 Å². The van der Waals surface area contributed by atoms with Crippen molar-refractivity contribution in [3.8, 4) is 0 Å². The molecule has 0 saturated heterocycles. The normalized spacial score (nSPS) is 32.4. The van der Waals surface area contributed by atoms with Crippen molar-refractivity contribution in [1.82, 2.24) is 4.98 Å². The van der Waals surface area contributed by atoms with Gasteiger partial charge in [0, 0.05) is 17.8 Å². The van der Waals surface area contributed by atoms with Crippen LogP contribution in [0, 0.1) is 5.92 Å². The van der Waals surface area contributed by atoms with Gasteiger partial charge in [-0.25, -0.2) is 4.79 Å². The lowest BCUT2D eigenvalue weighted by molar-refractivity contribution is 0.0694. The van der Waals surface area contributed by atoms with Crippen LogP contribution in [0.1, 0.15) is 41.6 Å². The van der Waals surface area contributed by atoms with Crippen LogP contribution in [-0.2, 0) is 5.41 Å². The standard InChI is InChI=1S/C12H13NO2/c14-11(15)9-3-5-13-7-10(9)12-4-1-2-8(12)6-12/h3,5,7-8H,1-2,4,6H2,(H,14,15). The summed E-state index contributed by atoms with van der Waals surface area (Å²) in [5.41, 5.74) is 1.61. The Hall–Kier alpha value is -1.38. The van der Waals surface area contributed by atoms with Crippen LogP contribution in [0.25, 0.3) is 0 Å². The molecule has 0 amide bonds. The molecule has 2 aliphatic rings. The molecule has 0 aromatic carbocycles. The maximum Gasteiger partial charge on any atom is 0.336 e. The Morgan fingerprint density at radius 3 is 3.07 bits per heavy atom. The third kappa shape index (κ3) is 1.12. The Bertz CT molecular complexity index is 429. The summed E-state index contributed by atoms with van der Waals surface area (Å²) in [6, 6.07) is 1.63. The van der Waals surface area contributed by atoms with Crippen LogP contribution in [0.15, 0.2) is 18.5 Å². The molecule has 1 aromatic rings. The third-order valence-corrected chi connectivity index (χ3v) is 4.00. The second-order valence-corrected chi connectivity index (χ2v) is 4.68. The summed E-state index contributed by atoms with van der Waals surface area (Å²) in [7, 11) is 0. The van der Waals surface area contributed by atoms with Gasteiger partial charge in [-0.3, -0.25) is 4.98 Å². The van der Waals surface area contributed by atoms with Crippen LogP contribution < -0.4 is 0 Å². The van der Waals surface area contributed by atoms with E-state index < -0.39 is 5.97 Å². The number of nitrogens with zero attached hydrogens (tertiary/aromatic N) is 1. The number of pyridine rings is 1. The molecule has 2 fully saturated rings. The first-order valence-corrected chi connectivity index (χ1v) is 5.42. The second-order valence-electron chi connectivity index (χ2n) is 4.68. The lowest BCUT2D eigenvalue weighted by Gasteiger charge is -2.14. The Kier molecular flexibility index (Phi) is 1.67.